The van der Waals surface area contributed by atoms with Crippen molar-refractivity contribution < 1.29 is 19.0 Å². The minimum Gasteiger partial charge on any atom is -0.505 e. The van der Waals surface area contributed by atoms with Gasteiger partial charge in [-0.15, -0.1) is 0 Å². The summed E-state index contributed by atoms with van der Waals surface area (Å²) in [5.74, 6) is -1.36. The monoisotopic (exact) mass is 212 g/mol. The first-order valence-corrected chi connectivity index (χ1v) is 4.60. The summed E-state index contributed by atoms with van der Waals surface area (Å²) in [6, 6.07) is 2.82. The van der Waals surface area contributed by atoms with Crippen LogP contribution in [0, 0.1) is 5.82 Å². The zero-order valence-electron chi connectivity index (χ0n) is 8.66. The van der Waals surface area contributed by atoms with Crippen LogP contribution in [0.25, 0.3) is 0 Å². The van der Waals surface area contributed by atoms with Gasteiger partial charge >= 0.3 is 0 Å². The lowest BCUT2D eigenvalue weighted by Gasteiger charge is -2.14. The molecule has 0 aliphatic carbocycles. The van der Waals surface area contributed by atoms with Crippen molar-refractivity contribution in [1.82, 2.24) is 0 Å². The molecule has 1 rings (SSSR count). The third kappa shape index (κ3) is 2.26. The highest BCUT2D eigenvalue weighted by Gasteiger charge is 2.17. The number of aromatic hydroxyl groups is 1. The number of aldehydes is 1. The number of ether oxygens (including phenoxy) is 1. The van der Waals surface area contributed by atoms with Crippen LogP contribution in [0.4, 0.5) is 4.39 Å². The van der Waals surface area contributed by atoms with Crippen LogP contribution in [0.3, 0.4) is 0 Å². The van der Waals surface area contributed by atoms with Gasteiger partial charge in [-0.05, 0) is 12.0 Å². The Labute approximate surface area is 87.5 Å². The average molecular weight is 212 g/mol. The third-order valence-electron chi connectivity index (χ3n) is 2.29. The zero-order chi connectivity index (χ0) is 11.4. The molecule has 0 aliphatic rings. The van der Waals surface area contributed by atoms with Crippen LogP contribution in [-0.4, -0.2) is 18.5 Å². The van der Waals surface area contributed by atoms with Gasteiger partial charge < -0.3 is 14.6 Å². The first-order valence-electron chi connectivity index (χ1n) is 4.60. The number of carbonyl (C=O) groups excluding carboxylic acids is 1. The van der Waals surface area contributed by atoms with Gasteiger partial charge in [0.05, 0.1) is 7.11 Å². The van der Waals surface area contributed by atoms with E-state index in [1.165, 1.54) is 13.2 Å². The van der Waals surface area contributed by atoms with Crippen molar-refractivity contribution in [3.05, 3.63) is 23.5 Å². The molecule has 0 saturated carbocycles. The summed E-state index contributed by atoms with van der Waals surface area (Å²) in [6.45, 7) is 1.79. The van der Waals surface area contributed by atoms with E-state index in [1.54, 1.807) is 13.0 Å². The fraction of sp³-hybridized carbons (Fsp3) is 0.364. The molecule has 1 aromatic rings. The molecule has 15 heavy (non-hydrogen) atoms. The van der Waals surface area contributed by atoms with Gasteiger partial charge in [0.15, 0.2) is 11.5 Å². The maximum absolute atomic E-state index is 13.4. The van der Waals surface area contributed by atoms with E-state index in [9.17, 15) is 9.18 Å². The van der Waals surface area contributed by atoms with E-state index in [1.807, 2.05) is 0 Å². The highest BCUT2D eigenvalue weighted by molar-refractivity contribution is 5.53. The van der Waals surface area contributed by atoms with E-state index < -0.39 is 11.6 Å². The molecule has 1 unspecified atom stereocenters. The van der Waals surface area contributed by atoms with Gasteiger partial charge in [-0.3, -0.25) is 0 Å². The Hall–Kier alpha value is -1.58. The van der Waals surface area contributed by atoms with Crippen molar-refractivity contribution in [2.45, 2.75) is 19.3 Å². The number of phenols is 1. The van der Waals surface area contributed by atoms with Crippen LogP contribution in [0.1, 0.15) is 24.8 Å². The van der Waals surface area contributed by atoms with Crippen molar-refractivity contribution in [2.24, 2.45) is 0 Å². The summed E-state index contributed by atoms with van der Waals surface area (Å²) in [5, 5.41) is 9.14. The zero-order valence-corrected chi connectivity index (χ0v) is 8.66. The second-order valence-corrected chi connectivity index (χ2v) is 3.32. The van der Waals surface area contributed by atoms with Gasteiger partial charge in [-0.1, -0.05) is 13.0 Å². The summed E-state index contributed by atoms with van der Waals surface area (Å²) in [5.41, 5.74) is 0.583. The molecule has 0 heterocycles. The lowest BCUT2D eigenvalue weighted by molar-refractivity contribution is -0.108. The lowest BCUT2D eigenvalue weighted by atomic mass is 9.97. The van der Waals surface area contributed by atoms with E-state index in [2.05, 4.69) is 0 Å². The minimum absolute atomic E-state index is 0.00403. The second kappa shape index (κ2) is 4.77. The Balaban J connectivity index is 3.17. The molecule has 0 aliphatic heterocycles. The fourth-order valence-electron chi connectivity index (χ4n) is 1.43. The number of methoxy groups -OCH3 is 1. The molecule has 1 atom stereocenters. The fourth-order valence-corrected chi connectivity index (χ4v) is 1.43. The van der Waals surface area contributed by atoms with Gasteiger partial charge in [0.2, 0.25) is 5.82 Å². The molecule has 0 spiro atoms. The second-order valence-electron chi connectivity index (χ2n) is 3.32. The summed E-state index contributed by atoms with van der Waals surface area (Å²) in [6.07, 6.45) is 1.06. The number of halogens is 1. The summed E-state index contributed by atoms with van der Waals surface area (Å²) < 4.78 is 18.3. The van der Waals surface area contributed by atoms with Gasteiger partial charge in [0, 0.05) is 12.0 Å². The number of hydrogen-bond acceptors (Lipinski definition) is 3. The van der Waals surface area contributed by atoms with Gasteiger partial charge in [-0.2, -0.15) is 4.39 Å². The van der Waals surface area contributed by atoms with Crippen LogP contribution in [0.15, 0.2) is 12.1 Å². The van der Waals surface area contributed by atoms with Crippen molar-refractivity contribution in [1.29, 1.82) is 0 Å². The quantitative estimate of drug-likeness (QED) is 0.778. The smallest absolute Gasteiger partial charge is 0.206 e. The largest absolute Gasteiger partial charge is 0.505 e. The highest BCUT2D eigenvalue weighted by atomic mass is 19.1. The van der Waals surface area contributed by atoms with E-state index in [0.29, 0.717) is 12.0 Å². The molecule has 0 aromatic heterocycles. The molecule has 0 bridgehead atoms. The molecule has 3 nitrogen and oxygen atoms in total. The maximum atomic E-state index is 13.4. The minimum atomic E-state index is -0.784. The van der Waals surface area contributed by atoms with E-state index in [-0.39, 0.29) is 11.7 Å². The summed E-state index contributed by atoms with van der Waals surface area (Å²) in [4.78, 5) is 10.4. The number of benzene rings is 1. The van der Waals surface area contributed by atoms with Crippen LogP contribution in [0.5, 0.6) is 11.5 Å². The Bertz CT molecular complexity index is 363. The molecule has 4 heteroatoms. The molecule has 1 aromatic carbocycles. The van der Waals surface area contributed by atoms with Crippen molar-refractivity contribution in [3.63, 3.8) is 0 Å². The molecular weight excluding hydrogens is 199 g/mol. The molecule has 0 saturated heterocycles. The van der Waals surface area contributed by atoms with E-state index in [0.717, 1.165) is 6.29 Å². The molecule has 0 fully saturated rings. The van der Waals surface area contributed by atoms with Gasteiger partial charge in [0.1, 0.15) is 6.29 Å². The first-order chi connectivity index (χ1) is 7.11. The summed E-state index contributed by atoms with van der Waals surface area (Å²) in [7, 11) is 1.33. The predicted molar refractivity (Wildman–Crippen MR) is 53.7 cm³/mol. The van der Waals surface area contributed by atoms with Gasteiger partial charge in [-0.25, -0.2) is 0 Å². The lowest BCUT2D eigenvalue weighted by Crippen LogP contribution is -2.00. The van der Waals surface area contributed by atoms with E-state index in [4.69, 9.17) is 9.84 Å². The summed E-state index contributed by atoms with van der Waals surface area (Å²) >= 11 is 0. The SMILES string of the molecule is COc1c(C(C)CC=O)ccc(O)c1F. The third-order valence-corrected chi connectivity index (χ3v) is 2.29. The molecule has 1 N–H and O–H groups in total. The normalized spacial score (nSPS) is 12.2. The predicted octanol–water partition coefficient (Wildman–Crippen LogP) is 2.23. The average Bonchev–Trinajstić information content (AvgIpc) is 2.22. The molecule has 82 valence electrons. The number of hydrogen-bond donors (Lipinski definition) is 1. The van der Waals surface area contributed by atoms with Crippen molar-refractivity contribution in [3.8, 4) is 11.5 Å². The Morgan fingerprint density at radius 3 is 2.80 bits per heavy atom. The number of rotatable bonds is 4. The highest BCUT2D eigenvalue weighted by Crippen LogP contribution is 2.34. The Kier molecular flexibility index (Phi) is 3.66. The number of phenolic OH excluding ortho intramolecular Hbond substituents is 1. The standard InChI is InChI=1S/C11H13FO3/c1-7(5-6-13)8-3-4-9(14)10(12)11(8)15-2/h3-4,6-7,14H,5H2,1-2H3. The maximum Gasteiger partial charge on any atom is 0.206 e. The van der Waals surface area contributed by atoms with Gasteiger partial charge in [0.25, 0.3) is 0 Å². The molecule has 0 radical (unpaired) electrons. The number of carbonyl (C=O) groups is 1. The van der Waals surface area contributed by atoms with Crippen LogP contribution >= 0.6 is 0 Å². The van der Waals surface area contributed by atoms with Crippen molar-refractivity contribution in [2.75, 3.05) is 7.11 Å². The Morgan fingerprint density at radius 1 is 1.60 bits per heavy atom. The van der Waals surface area contributed by atoms with E-state index >= 15 is 0 Å². The molecular formula is C11H13FO3. The van der Waals surface area contributed by atoms with Crippen molar-refractivity contribution >= 4 is 6.29 Å². The van der Waals surface area contributed by atoms with Crippen LogP contribution < -0.4 is 4.74 Å². The first kappa shape index (κ1) is 11.5. The van der Waals surface area contributed by atoms with Crippen LogP contribution in [0.2, 0.25) is 0 Å². The molecule has 0 amide bonds. The topological polar surface area (TPSA) is 46.5 Å². The Morgan fingerprint density at radius 2 is 2.27 bits per heavy atom. The van der Waals surface area contributed by atoms with Crippen LogP contribution in [-0.2, 0) is 4.79 Å².